The number of aromatic nitrogens is 2. The van der Waals surface area contributed by atoms with E-state index in [1.165, 1.54) is 56.3 Å². The topological polar surface area (TPSA) is 43.8 Å². The third-order valence-corrected chi connectivity index (χ3v) is 5.90. The summed E-state index contributed by atoms with van der Waals surface area (Å²) < 4.78 is 2.52. The maximum Gasteiger partial charge on any atom is 0.0954 e. The molecule has 2 N–H and O–H groups in total. The summed E-state index contributed by atoms with van der Waals surface area (Å²) in [7, 11) is 0. The van der Waals surface area contributed by atoms with Gasteiger partial charge >= 0.3 is 0 Å². The van der Waals surface area contributed by atoms with Crippen LogP contribution in [0.15, 0.2) is 6.33 Å². The van der Waals surface area contributed by atoms with E-state index >= 15 is 0 Å². The van der Waals surface area contributed by atoms with Gasteiger partial charge in [-0.05, 0) is 68.7 Å². The summed E-state index contributed by atoms with van der Waals surface area (Å²) in [4.78, 5) is 4.71. The Labute approximate surface area is 129 Å². The molecule has 0 spiro atoms. The molecule has 21 heavy (non-hydrogen) atoms. The van der Waals surface area contributed by atoms with Gasteiger partial charge in [0.2, 0.25) is 0 Å². The van der Waals surface area contributed by atoms with Crippen molar-refractivity contribution >= 4 is 0 Å². The number of rotatable bonds is 2. The molecule has 0 bridgehead atoms. The lowest BCUT2D eigenvalue weighted by molar-refractivity contribution is 0.104. The minimum absolute atomic E-state index is 0.401. The van der Waals surface area contributed by atoms with E-state index in [-0.39, 0.29) is 0 Å². The standard InChI is InChI=1S/C18H31N3/c1-18(2,3)14-9-8-13(11-19)17(10-14)21-12-20-15-6-4-5-7-16(15)21/h12-14,17H,4-11,19H2,1-3H3. The van der Waals surface area contributed by atoms with Crippen LogP contribution in [0.4, 0.5) is 0 Å². The highest BCUT2D eigenvalue weighted by molar-refractivity contribution is 5.18. The molecule has 3 heteroatoms. The van der Waals surface area contributed by atoms with Crippen LogP contribution in [0.25, 0.3) is 0 Å². The molecule has 0 saturated heterocycles. The van der Waals surface area contributed by atoms with Crippen molar-refractivity contribution in [2.75, 3.05) is 6.54 Å². The van der Waals surface area contributed by atoms with Crippen LogP contribution in [0.1, 0.15) is 70.3 Å². The Morgan fingerprint density at radius 2 is 2.00 bits per heavy atom. The van der Waals surface area contributed by atoms with Crippen LogP contribution in [-0.4, -0.2) is 16.1 Å². The van der Waals surface area contributed by atoms with Crippen molar-refractivity contribution in [2.24, 2.45) is 23.0 Å². The first kappa shape index (κ1) is 15.1. The normalized spacial score (nSPS) is 30.2. The highest BCUT2D eigenvalue weighted by Gasteiger charge is 2.37. The van der Waals surface area contributed by atoms with Crippen LogP contribution in [0.3, 0.4) is 0 Å². The van der Waals surface area contributed by atoms with Crippen molar-refractivity contribution in [1.29, 1.82) is 0 Å². The first-order valence-corrected chi connectivity index (χ1v) is 8.75. The van der Waals surface area contributed by atoms with E-state index in [1.807, 2.05) is 0 Å². The number of nitrogens with zero attached hydrogens (tertiary/aromatic N) is 2. The monoisotopic (exact) mass is 289 g/mol. The molecule has 118 valence electrons. The summed E-state index contributed by atoms with van der Waals surface area (Å²) in [6.07, 6.45) is 11.0. The van der Waals surface area contributed by atoms with Gasteiger partial charge in [0.25, 0.3) is 0 Å². The molecular formula is C18H31N3. The van der Waals surface area contributed by atoms with Crippen molar-refractivity contribution in [1.82, 2.24) is 9.55 Å². The SMILES string of the molecule is CC(C)(C)C1CCC(CN)C(n2cnc3c2CCCC3)C1. The molecule has 0 aliphatic heterocycles. The molecule has 3 rings (SSSR count). The van der Waals surface area contributed by atoms with Gasteiger partial charge in [-0.3, -0.25) is 0 Å². The van der Waals surface area contributed by atoms with Gasteiger partial charge in [0.05, 0.1) is 12.0 Å². The van der Waals surface area contributed by atoms with Gasteiger partial charge in [0.1, 0.15) is 0 Å². The van der Waals surface area contributed by atoms with Gasteiger partial charge in [-0.25, -0.2) is 4.98 Å². The van der Waals surface area contributed by atoms with Gasteiger partial charge in [0.15, 0.2) is 0 Å². The number of imidazole rings is 1. The molecule has 1 aromatic rings. The van der Waals surface area contributed by atoms with Crippen molar-refractivity contribution in [3.8, 4) is 0 Å². The molecule has 0 radical (unpaired) electrons. The smallest absolute Gasteiger partial charge is 0.0954 e. The quantitative estimate of drug-likeness (QED) is 0.901. The molecule has 1 fully saturated rings. The van der Waals surface area contributed by atoms with Crippen LogP contribution in [0, 0.1) is 17.3 Å². The summed E-state index contributed by atoms with van der Waals surface area (Å²) in [5.74, 6) is 1.43. The largest absolute Gasteiger partial charge is 0.331 e. The molecule has 3 unspecified atom stereocenters. The van der Waals surface area contributed by atoms with E-state index in [1.54, 1.807) is 0 Å². The third-order valence-electron chi connectivity index (χ3n) is 5.90. The van der Waals surface area contributed by atoms with Gasteiger partial charge in [-0.15, -0.1) is 0 Å². The second kappa shape index (κ2) is 5.75. The summed E-state index contributed by atoms with van der Waals surface area (Å²) in [6.45, 7) is 7.98. The third kappa shape index (κ3) is 2.90. The fourth-order valence-corrected chi connectivity index (χ4v) is 4.39. The molecule has 0 amide bonds. The van der Waals surface area contributed by atoms with Crippen LogP contribution >= 0.6 is 0 Å². The van der Waals surface area contributed by atoms with E-state index in [9.17, 15) is 0 Å². The zero-order chi connectivity index (χ0) is 15.0. The molecule has 3 atom stereocenters. The van der Waals surface area contributed by atoms with Crippen molar-refractivity contribution in [3.05, 3.63) is 17.7 Å². The fraction of sp³-hybridized carbons (Fsp3) is 0.833. The molecule has 0 aromatic carbocycles. The average Bonchev–Trinajstić information content (AvgIpc) is 2.89. The highest BCUT2D eigenvalue weighted by Crippen LogP contribution is 2.45. The predicted octanol–water partition coefficient (Wildman–Crippen LogP) is 3.72. The number of aryl methyl sites for hydroxylation is 1. The van der Waals surface area contributed by atoms with Crippen LogP contribution in [-0.2, 0) is 12.8 Å². The Kier molecular flexibility index (Phi) is 4.13. The second-order valence-electron chi connectivity index (χ2n) is 8.19. The average molecular weight is 289 g/mol. The minimum Gasteiger partial charge on any atom is -0.331 e. The van der Waals surface area contributed by atoms with E-state index in [0.29, 0.717) is 17.4 Å². The Morgan fingerprint density at radius 3 is 2.71 bits per heavy atom. The summed E-state index contributed by atoms with van der Waals surface area (Å²) in [5, 5.41) is 0. The second-order valence-corrected chi connectivity index (χ2v) is 8.19. The van der Waals surface area contributed by atoms with E-state index in [0.717, 1.165) is 12.5 Å². The number of hydrogen-bond donors (Lipinski definition) is 1. The van der Waals surface area contributed by atoms with Crippen LogP contribution in [0.5, 0.6) is 0 Å². The molecule has 1 aromatic heterocycles. The molecule has 2 aliphatic carbocycles. The highest BCUT2D eigenvalue weighted by atomic mass is 15.1. The van der Waals surface area contributed by atoms with Crippen molar-refractivity contribution < 1.29 is 0 Å². The maximum absolute atomic E-state index is 6.10. The molecule has 1 saturated carbocycles. The number of fused-ring (bicyclic) bond motifs is 1. The molecular weight excluding hydrogens is 258 g/mol. The van der Waals surface area contributed by atoms with E-state index in [4.69, 9.17) is 10.7 Å². The number of nitrogens with two attached hydrogens (primary N) is 1. The van der Waals surface area contributed by atoms with E-state index < -0.39 is 0 Å². The lowest BCUT2D eigenvalue weighted by Crippen LogP contribution is -2.37. The number of hydrogen-bond acceptors (Lipinski definition) is 2. The summed E-state index contributed by atoms with van der Waals surface area (Å²) in [5.41, 5.74) is 9.37. The first-order valence-electron chi connectivity index (χ1n) is 8.75. The van der Waals surface area contributed by atoms with Crippen molar-refractivity contribution in [3.63, 3.8) is 0 Å². The first-order chi connectivity index (χ1) is 10.0. The Bertz CT molecular complexity index is 483. The summed E-state index contributed by atoms with van der Waals surface area (Å²) >= 11 is 0. The maximum atomic E-state index is 6.10. The van der Waals surface area contributed by atoms with Crippen LogP contribution in [0.2, 0.25) is 0 Å². The van der Waals surface area contributed by atoms with Gasteiger partial charge in [-0.1, -0.05) is 20.8 Å². The molecule has 2 aliphatic rings. The van der Waals surface area contributed by atoms with Crippen molar-refractivity contribution in [2.45, 2.75) is 71.8 Å². The minimum atomic E-state index is 0.401. The molecule has 3 nitrogen and oxygen atoms in total. The summed E-state index contributed by atoms with van der Waals surface area (Å²) in [6, 6.07) is 0.572. The lowest BCUT2D eigenvalue weighted by Gasteiger charge is -2.42. The Balaban J connectivity index is 1.88. The van der Waals surface area contributed by atoms with Gasteiger partial charge in [0, 0.05) is 11.7 Å². The Hall–Kier alpha value is -0.830. The van der Waals surface area contributed by atoms with E-state index in [2.05, 4.69) is 31.7 Å². The van der Waals surface area contributed by atoms with Crippen LogP contribution < -0.4 is 5.73 Å². The molecule has 1 heterocycles. The zero-order valence-corrected chi connectivity index (χ0v) is 13.9. The predicted molar refractivity (Wildman–Crippen MR) is 87.2 cm³/mol. The fourth-order valence-electron chi connectivity index (χ4n) is 4.39. The van der Waals surface area contributed by atoms with Gasteiger partial charge in [-0.2, -0.15) is 0 Å². The zero-order valence-electron chi connectivity index (χ0n) is 13.9. The lowest BCUT2D eigenvalue weighted by atomic mass is 9.67. The van der Waals surface area contributed by atoms with Gasteiger partial charge < -0.3 is 10.3 Å². The Morgan fingerprint density at radius 1 is 1.24 bits per heavy atom.